The van der Waals surface area contributed by atoms with Crippen molar-refractivity contribution in [2.24, 2.45) is 11.3 Å². The van der Waals surface area contributed by atoms with Crippen LogP contribution in [0.25, 0.3) is 0 Å². The third-order valence-electron chi connectivity index (χ3n) is 3.47. The van der Waals surface area contributed by atoms with Crippen molar-refractivity contribution in [2.75, 3.05) is 13.6 Å². The number of likely N-dealkylation sites (N-methyl/N-ethyl adjacent to an activating group) is 1. The van der Waals surface area contributed by atoms with Crippen LogP contribution in [-0.4, -0.2) is 24.5 Å². The minimum atomic E-state index is 0.698. The number of allylic oxidation sites excluding steroid dienone is 1. The fourth-order valence-corrected chi connectivity index (χ4v) is 2.41. The van der Waals surface area contributed by atoms with Gasteiger partial charge in [-0.1, -0.05) is 26.0 Å². The predicted molar refractivity (Wildman–Crippen MR) is 56.7 cm³/mol. The smallest absolute Gasteiger partial charge is 0.0281 e. The summed E-state index contributed by atoms with van der Waals surface area (Å²) in [5, 5.41) is 0. The van der Waals surface area contributed by atoms with Crippen LogP contribution >= 0.6 is 0 Å². The van der Waals surface area contributed by atoms with Gasteiger partial charge in [-0.25, -0.2) is 0 Å². The van der Waals surface area contributed by atoms with Gasteiger partial charge in [0.2, 0.25) is 0 Å². The molecule has 1 saturated heterocycles. The average Bonchev–Trinajstić information content (AvgIpc) is 2.69. The highest BCUT2D eigenvalue weighted by molar-refractivity contribution is 5.09. The van der Waals surface area contributed by atoms with Gasteiger partial charge in [-0.3, -0.25) is 4.90 Å². The molecule has 2 rings (SSSR count). The van der Waals surface area contributed by atoms with Crippen molar-refractivity contribution in [1.29, 1.82) is 0 Å². The number of hydrogen-bond donors (Lipinski definition) is 0. The quantitative estimate of drug-likeness (QED) is 0.589. The molecule has 13 heavy (non-hydrogen) atoms. The summed E-state index contributed by atoms with van der Waals surface area (Å²) in [5.74, 6) is 0.698. The predicted octanol–water partition coefficient (Wildman–Crippen LogP) is 2.68. The second-order valence-corrected chi connectivity index (χ2v) is 5.32. The van der Waals surface area contributed by atoms with E-state index in [1.807, 2.05) is 0 Å². The van der Waals surface area contributed by atoms with Crippen LogP contribution in [-0.2, 0) is 0 Å². The molecule has 0 radical (unpaired) electrons. The van der Waals surface area contributed by atoms with Crippen molar-refractivity contribution < 1.29 is 0 Å². The Labute approximate surface area is 81.8 Å². The molecule has 1 heterocycles. The number of likely N-dealkylation sites (tertiary alicyclic amines) is 1. The molecule has 74 valence electrons. The lowest BCUT2D eigenvalue weighted by atomic mass is 10.0. The molecular formula is C12H21N. The molecule has 0 amide bonds. The highest BCUT2D eigenvalue weighted by Gasteiger charge is 2.49. The van der Waals surface area contributed by atoms with E-state index in [2.05, 4.69) is 37.9 Å². The summed E-state index contributed by atoms with van der Waals surface area (Å²) < 4.78 is 0. The zero-order valence-corrected chi connectivity index (χ0v) is 9.09. The Morgan fingerprint density at radius 2 is 2.08 bits per heavy atom. The van der Waals surface area contributed by atoms with Gasteiger partial charge in [0.05, 0.1) is 0 Å². The van der Waals surface area contributed by atoms with Gasteiger partial charge >= 0.3 is 0 Å². The number of nitrogens with zero attached hydrogens (tertiary/aromatic N) is 1. The standard InChI is InChI=1S/C12H21N/c1-10(2)4-5-11-8-12(6-7-12)9-13(11)3/h4-5,10-11H,6-9H2,1-3H3/b5-4+. The lowest BCUT2D eigenvalue weighted by Gasteiger charge is -2.15. The van der Waals surface area contributed by atoms with E-state index in [0.717, 1.165) is 11.5 Å². The number of rotatable bonds is 2. The maximum Gasteiger partial charge on any atom is 0.0281 e. The van der Waals surface area contributed by atoms with Gasteiger partial charge in [0.15, 0.2) is 0 Å². The summed E-state index contributed by atoms with van der Waals surface area (Å²) in [6.07, 6.45) is 9.12. The molecule has 0 aromatic carbocycles. The molecule has 0 aromatic heterocycles. The zero-order chi connectivity index (χ0) is 9.47. The molecule has 1 heteroatoms. The molecule has 2 fully saturated rings. The Morgan fingerprint density at radius 3 is 2.54 bits per heavy atom. The Kier molecular flexibility index (Phi) is 2.23. The largest absolute Gasteiger partial charge is 0.299 e. The third kappa shape index (κ3) is 1.96. The van der Waals surface area contributed by atoms with Crippen molar-refractivity contribution in [3.05, 3.63) is 12.2 Å². The van der Waals surface area contributed by atoms with Gasteiger partial charge < -0.3 is 0 Å². The second-order valence-electron chi connectivity index (χ2n) is 5.32. The van der Waals surface area contributed by atoms with E-state index in [1.54, 1.807) is 0 Å². The third-order valence-corrected chi connectivity index (χ3v) is 3.47. The van der Waals surface area contributed by atoms with Crippen molar-refractivity contribution in [3.8, 4) is 0 Å². The van der Waals surface area contributed by atoms with Crippen LogP contribution in [0.15, 0.2) is 12.2 Å². The normalized spacial score (nSPS) is 32.5. The van der Waals surface area contributed by atoms with E-state index in [-0.39, 0.29) is 0 Å². The van der Waals surface area contributed by atoms with E-state index in [0.29, 0.717) is 5.92 Å². The summed E-state index contributed by atoms with van der Waals surface area (Å²) in [6.45, 7) is 5.83. The van der Waals surface area contributed by atoms with E-state index in [4.69, 9.17) is 0 Å². The van der Waals surface area contributed by atoms with Gasteiger partial charge in [-0.2, -0.15) is 0 Å². The first kappa shape index (κ1) is 9.26. The van der Waals surface area contributed by atoms with Crippen molar-refractivity contribution in [2.45, 2.75) is 39.2 Å². The zero-order valence-electron chi connectivity index (χ0n) is 9.09. The first-order valence-electron chi connectivity index (χ1n) is 5.50. The lowest BCUT2D eigenvalue weighted by molar-refractivity contribution is 0.345. The van der Waals surface area contributed by atoms with Gasteiger partial charge in [-0.05, 0) is 37.6 Å². The molecule has 0 bridgehead atoms. The van der Waals surface area contributed by atoms with Crippen molar-refractivity contribution >= 4 is 0 Å². The lowest BCUT2D eigenvalue weighted by Crippen LogP contribution is -2.23. The Bertz CT molecular complexity index is 213. The van der Waals surface area contributed by atoms with Gasteiger partial charge in [-0.15, -0.1) is 0 Å². The molecule has 1 aliphatic carbocycles. The minimum absolute atomic E-state index is 0.698. The molecule has 0 N–H and O–H groups in total. The summed E-state index contributed by atoms with van der Waals surface area (Å²) in [4.78, 5) is 2.52. The van der Waals surface area contributed by atoms with E-state index in [1.165, 1.54) is 25.8 Å². The molecule has 1 saturated carbocycles. The second kappa shape index (κ2) is 3.13. The highest BCUT2D eigenvalue weighted by atomic mass is 15.2. The Morgan fingerprint density at radius 1 is 1.38 bits per heavy atom. The molecule has 2 aliphatic rings. The van der Waals surface area contributed by atoms with Crippen LogP contribution in [0.2, 0.25) is 0 Å². The Hall–Kier alpha value is -0.300. The van der Waals surface area contributed by atoms with Gasteiger partial charge in [0, 0.05) is 12.6 Å². The maximum absolute atomic E-state index is 2.52. The topological polar surface area (TPSA) is 3.24 Å². The van der Waals surface area contributed by atoms with Crippen LogP contribution in [0, 0.1) is 11.3 Å². The molecular weight excluding hydrogens is 158 g/mol. The fraction of sp³-hybridized carbons (Fsp3) is 0.833. The monoisotopic (exact) mass is 179 g/mol. The molecule has 1 spiro atoms. The summed E-state index contributed by atoms with van der Waals surface area (Å²) in [6, 6.07) is 0.727. The van der Waals surface area contributed by atoms with Crippen molar-refractivity contribution in [1.82, 2.24) is 4.90 Å². The van der Waals surface area contributed by atoms with Crippen molar-refractivity contribution in [3.63, 3.8) is 0 Å². The number of hydrogen-bond acceptors (Lipinski definition) is 1. The van der Waals surface area contributed by atoms with Crippen LogP contribution in [0.4, 0.5) is 0 Å². The van der Waals surface area contributed by atoms with E-state index < -0.39 is 0 Å². The highest BCUT2D eigenvalue weighted by Crippen LogP contribution is 2.54. The minimum Gasteiger partial charge on any atom is -0.299 e. The maximum atomic E-state index is 2.52. The average molecular weight is 179 g/mol. The SMILES string of the molecule is CC(C)/C=C/C1CC2(CC2)CN1C. The summed E-state index contributed by atoms with van der Waals surface area (Å²) >= 11 is 0. The first-order valence-corrected chi connectivity index (χ1v) is 5.50. The van der Waals surface area contributed by atoms with E-state index in [9.17, 15) is 0 Å². The van der Waals surface area contributed by atoms with Gasteiger partial charge in [0.1, 0.15) is 0 Å². The molecule has 1 atom stereocenters. The molecule has 1 aliphatic heterocycles. The molecule has 1 unspecified atom stereocenters. The van der Waals surface area contributed by atoms with Crippen LogP contribution in [0.3, 0.4) is 0 Å². The van der Waals surface area contributed by atoms with Crippen LogP contribution < -0.4 is 0 Å². The molecule has 0 aromatic rings. The van der Waals surface area contributed by atoms with Gasteiger partial charge in [0.25, 0.3) is 0 Å². The van der Waals surface area contributed by atoms with Crippen LogP contribution in [0.1, 0.15) is 33.1 Å². The van der Waals surface area contributed by atoms with E-state index >= 15 is 0 Å². The first-order chi connectivity index (χ1) is 6.11. The molecule has 1 nitrogen and oxygen atoms in total. The summed E-state index contributed by atoms with van der Waals surface area (Å²) in [5.41, 5.74) is 0.751. The fourth-order valence-electron chi connectivity index (χ4n) is 2.41. The van der Waals surface area contributed by atoms with Crippen LogP contribution in [0.5, 0.6) is 0 Å². The Balaban J connectivity index is 1.93. The summed E-state index contributed by atoms with van der Waals surface area (Å²) in [7, 11) is 2.27.